The molecule has 0 amide bonds. The van der Waals surface area contributed by atoms with Crippen LogP contribution in [-0.4, -0.2) is 31.3 Å². The molecule has 0 unspecified atom stereocenters. The van der Waals surface area contributed by atoms with Gasteiger partial charge in [-0.25, -0.2) is 13.1 Å². The lowest BCUT2D eigenvalue weighted by molar-refractivity contribution is -0.142. The third-order valence-electron chi connectivity index (χ3n) is 3.72. The molecule has 114 valence electrons. The Morgan fingerprint density at radius 3 is 2.35 bits per heavy atom. The molecule has 6 nitrogen and oxygen atoms in total. The quantitative estimate of drug-likeness (QED) is 0.773. The molecule has 0 spiro atoms. The van der Waals surface area contributed by atoms with Crippen LogP contribution in [-0.2, 0) is 14.8 Å². The SMILES string of the molecule is CC(C)(C#N)CCS(=O)(=O)NC1CCC(C(=O)O)CC1. The molecule has 1 saturated carbocycles. The van der Waals surface area contributed by atoms with Crippen LogP contribution in [0.4, 0.5) is 0 Å². The van der Waals surface area contributed by atoms with Gasteiger partial charge in [-0.3, -0.25) is 4.79 Å². The number of nitrogens with zero attached hydrogens (tertiary/aromatic N) is 1. The summed E-state index contributed by atoms with van der Waals surface area (Å²) < 4.78 is 26.5. The monoisotopic (exact) mass is 302 g/mol. The van der Waals surface area contributed by atoms with Crippen LogP contribution in [0.15, 0.2) is 0 Å². The molecule has 1 fully saturated rings. The third-order valence-corrected chi connectivity index (χ3v) is 5.16. The summed E-state index contributed by atoms with van der Waals surface area (Å²) in [7, 11) is -3.41. The van der Waals surface area contributed by atoms with Crippen LogP contribution in [0.1, 0.15) is 46.0 Å². The number of rotatable bonds is 6. The number of hydrogen-bond acceptors (Lipinski definition) is 4. The Kier molecular flexibility index (Phi) is 5.54. The van der Waals surface area contributed by atoms with Gasteiger partial charge in [-0.1, -0.05) is 0 Å². The molecule has 0 heterocycles. The minimum absolute atomic E-state index is 0.0770. The van der Waals surface area contributed by atoms with Crippen molar-refractivity contribution >= 4 is 16.0 Å². The fraction of sp³-hybridized carbons (Fsp3) is 0.846. The van der Waals surface area contributed by atoms with E-state index in [0.717, 1.165) is 0 Å². The predicted molar refractivity (Wildman–Crippen MR) is 74.3 cm³/mol. The predicted octanol–water partition coefficient (Wildman–Crippen LogP) is 1.49. The third kappa shape index (κ3) is 5.47. The van der Waals surface area contributed by atoms with E-state index in [-0.39, 0.29) is 24.1 Å². The molecule has 0 aromatic rings. The Morgan fingerprint density at radius 1 is 1.35 bits per heavy atom. The van der Waals surface area contributed by atoms with Crippen LogP contribution in [0.25, 0.3) is 0 Å². The van der Waals surface area contributed by atoms with Gasteiger partial charge in [0.25, 0.3) is 0 Å². The Bertz CT molecular complexity index is 485. The van der Waals surface area contributed by atoms with Crippen LogP contribution in [0.3, 0.4) is 0 Å². The zero-order chi connectivity index (χ0) is 15.4. The first-order valence-corrected chi connectivity index (χ1v) is 8.44. The minimum Gasteiger partial charge on any atom is -0.481 e. The van der Waals surface area contributed by atoms with E-state index in [1.54, 1.807) is 13.8 Å². The van der Waals surface area contributed by atoms with E-state index in [9.17, 15) is 13.2 Å². The van der Waals surface area contributed by atoms with Crippen LogP contribution in [0.2, 0.25) is 0 Å². The molecular formula is C13H22N2O4S. The van der Waals surface area contributed by atoms with Gasteiger partial charge in [-0.15, -0.1) is 0 Å². The second kappa shape index (κ2) is 6.55. The van der Waals surface area contributed by atoms with Gasteiger partial charge in [0.15, 0.2) is 0 Å². The van der Waals surface area contributed by atoms with Gasteiger partial charge in [0.1, 0.15) is 0 Å². The minimum atomic E-state index is -3.41. The summed E-state index contributed by atoms with van der Waals surface area (Å²) in [5.74, 6) is -1.23. The van der Waals surface area contributed by atoms with Gasteiger partial charge in [-0.2, -0.15) is 5.26 Å². The van der Waals surface area contributed by atoms with Crippen LogP contribution in [0, 0.1) is 22.7 Å². The van der Waals surface area contributed by atoms with Crippen molar-refractivity contribution in [3.05, 3.63) is 0 Å². The molecule has 7 heteroatoms. The summed E-state index contributed by atoms with van der Waals surface area (Å²) in [6, 6.07) is 1.90. The Labute approximate surface area is 120 Å². The highest BCUT2D eigenvalue weighted by atomic mass is 32.2. The number of carbonyl (C=O) groups is 1. The first-order valence-electron chi connectivity index (χ1n) is 6.79. The number of nitriles is 1. The molecule has 1 aliphatic carbocycles. The summed E-state index contributed by atoms with van der Waals surface area (Å²) in [4.78, 5) is 10.8. The van der Waals surface area contributed by atoms with Crippen LogP contribution >= 0.6 is 0 Å². The number of hydrogen-bond donors (Lipinski definition) is 2. The van der Waals surface area contributed by atoms with E-state index in [0.29, 0.717) is 25.7 Å². The Hall–Kier alpha value is -1.13. The lowest BCUT2D eigenvalue weighted by Crippen LogP contribution is -2.40. The molecule has 2 N–H and O–H groups in total. The number of nitrogens with one attached hydrogen (secondary N) is 1. The summed E-state index contributed by atoms with van der Waals surface area (Å²) >= 11 is 0. The standard InChI is InChI=1S/C13H22N2O4S/c1-13(2,9-14)7-8-20(18,19)15-11-5-3-10(4-6-11)12(16)17/h10-11,15H,3-8H2,1-2H3,(H,16,17). The van der Waals surface area contributed by atoms with Gasteiger partial charge in [0.2, 0.25) is 10.0 Å². The molecule has 0 aliphatic heterocycles. The van der Waals surface area contributed by atoms with Crippen molar-refractivity contribution in [2.24, 2.45) is 11.3 Å². The molecule has 20 heavy (non-hydrogen) atoms. The topological polar surface area (TPSA) is 107 Å². The molecule has 0 saturated heterocycles. The lowest BCUT2D eigenvalue weighted by atomic mass is 9.87. The van der Waals surface area contributed by atoms with Crippen LogP contribution in [0.5, 0.6) is 0 Å². The number of carboxylic acid groups (broad SMARTS) is 1. The maximum Gasteiger partial charge on any atom is 0.306 e. The van der Waals surface area contributed by atoms with Gasteiger partial charge in [0, 0.05) is 6.04 Å². The fourth-order valence-electron chi connectivity index (χ4n) is 2.22. The second-order valence-electron chi connectivity index (χ2n) is 6.07. The van der Waals surface area contributed by atoms with Crippen molar-refractivity contribution in [3.63, 3.8) is 0 Å². The zero-order valence-corrected chi connectivity index (χ0v) is 12.7. The number of carboxylic acids is 1. The highest BCUT2D eigenvalue weighted by Gasteiger charge is 2.29. The van der Waals surface area contributed by atoms with Crippen molar-refractivity contribution in [1.29, 1.82) is 5.26 Å². The molecular weight excluding hydrogens is 280 g/mol. The van der Waals surface area contributed by atoms with Gasteiger partial charge in [-0.05, 0) is 46.0 Å². The van der Waals surface area contributed by atoms with Crippen molar-refractivity contribution in [3.8, 4) is 6.07 Å². The smallest absolute Gasteiger partial charge is 0.306 e. The Morgan fingerprint density at radius 2 is 1.90 bits per heavy atom. The van der Waals surface area contributed by atoms with Crippen LogP contribution < -0.4 is 4.72 Å². The van der Waals surface area contributed by atoms with E-state index in [1.165, 1.54) is 0 Å². The van der Waals surface area contributed by atoms with Crippen molar-refractivity contribution < 1.29 is 18.3 Å². The summed E-state index contributed by atoms with van der Waals surface area (Å²) in [5, 5.41) is 17.8. The molecule has 0 aromatic carbocycles. The molecule has 0 atom stereocenters. The van der Waals surface area contributed by atoms with E-state index in [1.807, 2.05) is 0 Å². The maximum absolute atomic E-state index is 11.9. The van der Waals surface area contributed by atoms with Crippen molar-refractivity contribution in [1.82, 2.24) is 4.72 Å². The van der Waals surface area contributed by atoms with Gasteiger partial charge < -0.3 is 5.11 Å². The van der Waals surface area contributed by atoms with Gasteiger partial charge in [0.05, 0.1) is 23.2 Å². The van der Waals surface area contributed by atoms with E-state index < -0.39 is 21.4 Å². The highest BCUT2D eigenvalue weighted by Crippen LogP contribution is 2.25. The first-order chi connectivity index (χ1) is 9.15. The first kappa shape index (κ1) is 16.9. The molecule has 0 radical (unpaired) electrons. The Balaban J connectivity index is 2.45. The summed E-state index contributed by atoms with van der Waals surface area (Å²) in [6.45, 7) is 3.42. The van der Waals surface area contributed by atoms with E-state index in [2.05, 4.69) is 10.8 Å². The summed E-state index contributed by atoms with van der Waals surface area (Å²) in [6.07, 6.45) is 2.40. The van der Waals surface area contributed by atoms with Crippen molar-refractivity contribution in [2.45, 2.75) is 52.0 Å². The normalized spacial score (nSPS) is 24.1. The van der Waals surface area contributed by atoms with Gasteiger partial charge >= 0.3 is 5.97 Å². The summed E-state index contributed by atoms with van der Waals surface area (Å²) in [5.41, 5.74) is -0.657. The molecule has 1 aliphatic rings. The van der Waals surface area contributed by atoms with E-state index >= 15 is 0 Å². The molecule has 1 rings (SSSR count). The van der Waals surface area contributed by atoms with E-state index in [4.69, 9.17) is 10.4 Å². The fourth-order valence-corrected chi connectivity index (χ4v) is 3.86. The highest BCUT2D eigenvalue weighted by molar-refractivity contribution is 7.89. The molecule has 0 aromatic heterocycles. The largest absolute Gasteiger partial charge is 0.481 e. The van der Waals surface area contributed by atoms with Crippen molar-refractivity contribution in [2.75, 3.05) is 5.75 Å². The average Bonchev–Trinajstić information content (AvgIpc) is 2.37. The number of sulfonamides is 1. The number of aliphatic carboxylic acids is 1. The zero-order valence-electron chi connectivity index (χ0n) is 11.9. The molecule has 0 bridgehead atoms. The maximum atomic E-state index is 11.9. The average molecular weight is 302 g/mol. The lowest BCUT2D eigenvalue weighted by Gasteiger charge is -2.27. The second-order valence-corrected chi connectivity index (χ2v) is 7.94.